The van der Waals surface area contributed by atoms with Crippen LogP contribution in [0.1, 0.15) is 19.3 Å². The fraction of sp³-hybridized carbons (Fsp3) is 1.00. The number of rotatable bonds is 8. The Morgan fingerprint density at radius 2 is 2.27 bits per heavy atom. The molecule has 1 saturated heterocycles. The minimum atomic E-state index is 0.306. The lowest BCUT2D eigenvalue weighted by Gasteiger charge is -2.15. The van der Waals surface area contributed by atoms with Crippen molar-refractivity contribution in [3.05, 3.63) is 0 Å². The van der Waals surface area contributed by atoms with E-state index in [-0.39, 0.29) is 0 Å². The second kappa shape index (κ2) is 8.34. The monoisotopic (exact) mass is 235 g/mol. The van der Waals surface area contributed by atoms with Gasteiger partial charge in [-0.05, 0) is 31.7 Å². The molecule has 1 aliphatic rings. The summed E-state index contributed by atoms with van der Waals surface area (Å²) in [5.41, 5.74) is 0. The first-order valence-corrected chi connectivity index (χ1v) is 6.37. The lowest BCUT2D eigenvalue weighted by molar-refractivity contribution is 0.133. The molecule has 15 heavy (non-hydrogen) atoms. The van der Waals surface area contributed by atoms with Crippen LogP contribution in [-0.4, -0.2) is 55.3 Å². The van der Waals surface area contributed by atoms with Crippen LogP contribution in [0.2, 0.25) is 0 Å². The lowest BCUT2D eigenvalue weighted by Crippen LogP contribution is -2.22. The van der Waals surface area contributed by atoms with Gasteiger partial charge >= 0.3 is 0 Å². The van der Waals surface area contributed by atoms with E-state index in [4.69, 9.17) is 21.4 Å². The van der Waals surface area contributed by atoms with Crippen LogP contribution >= 0.6 is 11.6 Å². The zero-order chi connectivity index (χ0) is 10.9. The van der Waals surface area contributed by atoms with E-state index in [1.165, 1.54) is 19.5 Å². The number of hydrogen-bond acceptors (Lipinski definition) is 3. The SMILES string of the molecule is OCCCN1CCC(CCOCCCl)C1. The molecule has 0 amide bonds. The number of aliphatic hydroxyl groups is 1. The highest BCUT2D eigenvalue weighted by molar-refractivity contribution is 6.17. The van der Waals surface area contributed by atoms with Crippen LogP contribution in [0.5, 0.6) is 0 Å². The van der Waals surface area contributed by atoms with Gasteiger partial charge in [0, 0.05) is 32.2 Å². The number of likely N-dealkylation sites (tertiary alicyclic amines) is 1. The summed E-state index contributed by atoms with van der Waals surface area (Å²) in [7, 11) is 0. The predicted octanol–water partition coefficient (Wildman–Crippen LogP) is 1.34. The largest absolute Gasteiger partial charge is 0.396 e. The molecule has 1 fully saturated rings. The van der Waals surface area contributed by atoms with E-state index in [0.717, 1.165) is 31.9 Å². The molecule has 0 aromatic heterocycles. The van der Waals surface area contributed by atoms with Crippen molar-refractivity contribution in [1.82, 2.24) is 4.90 Å². The first-order valence-electron chi connectivity index (χ1n) is 5.83. The van der Waals surface area contributed by atoms with E-state index in [1.54, 1.807) is 0 Å². The predicted molar refractivity (Wildman–Crippen MR) is 62.4 cm³/mol. The molecule has 0 aromatic rings. The lowest BCUT2D eigenvalue weighted by atomic mass is 10.1. The van der Waals surface area contributed by atoms with Crippen LogP contribution in [0.4, 0.5) is 0 Å². The summed E-state index contributed by atoms with van der Waals surface area (Å²) >= 11 is 5.52. The Balaban J connectivity index is 1.98. The maximum Gasteiger partial charge on any atom is 0.0601 e. The summed E-state index contributed by atoms with van der Waals surface area (Å²) in [6.45, 7) is 5.20. The van der Waals surface area contributed by atoms with Gasteiger partial charge < -0.3 is 14.7 Å². The van der Waals surface area contributed by atoms with Gasteiger partial charge in [-0.3, -0.25) is 0 Å². The minimum absolute atomic E-state index is 0.306. The third-order valence-electron chi connectivity index (χ3n) is 2.89. The molecule has 90 valence electrons. The van der Waals surface area contributed by atoms with Gasteiger partial charge in [0.2, 0.25) is 0 Å². The van der Waals surface area contributed by atoms with Crippen molar-refractivity contribution in [2.24, 2.45) is 5.92 Å². The minimum Gasteiger partial charge on any atom is -0.396 e. The maximum absolute atomic E-state index is 8.73. The van der Waals surface area contributed by atoms with Gasteiger partial charge in [-0.25, -0.2) is 0 Å². The molecular formula is C11H22ClNO2. The highest BCUT2D eigenvalue weighted by Gasteiger charge is 2.21. The number of halogens is 1. The number of ether oxygens (including phenoxy) is 1. The molecule has 0 aliphatic carbocycles. The van der Waals surface area contributed by atoms with Gasteiger partial charge in [0.25, 0.3) is 0 Å². The highest BCUT2D eigenvalue weighted by Crippen LogP contribution is 2.19. The molecule has 0 spiro atoms. The van der Waals surface area contributed by atoms with E-state index in [1.807, 2.05) is 0 Å². The van der Waals surface area contributed by atoms with Crippen LogP contribution < -0.4 is 0 Å². The number of hydrogen-bond donors (Lipinski definition) is 1. The molecule has 0 bridgehead atoms. The smallest absolute Gasteiger partial charge is 0.0601 e. The van der Waals surface area contributed by atoms with Crippen LogP contribution in [0, 0.1) is 5.92 Å². The molecule has 0 radical (unpaired) electrons. The Morgan fingerprint density at radius 3 is 3.00 bits per heavy atom. The molecule has 3 nitrogen and oxygen atoms in total. The van der Waals surface area contributed by atoms with Crippen molar-refractivity contribution in [3.63, 3.8) is 0 Å². The van der Waals surface area contributed by atoms with Gasteiger partial charge in [0.05, 0.1) is 6.61 Å². The maximum atomic E-state index is 8.73. The van der Waals surface area contributed by atoms with Crippen molar-refractivity contribution in [3.8, 4) is 0 Å². The first-order chi connectivity index (χ1) is 7.36. The first kappa shape index (κ1) is 13.2. The molecule has 0 saturated carbocycles. The summed E-state index contributed by atoms with van der Waals surface area (Å²) in [6.07, 6.45) is 3.32. The van der Waals surface area contributed by atoms with Crippen LogP contribution in [0.3, 0.4) is 0 Å². The topological polar surface area (TPSA) is 32.7 Å². The number of alkyl halides is 1. The van der Waals surface area contributed by atoms with Crippen molar-refractivity contribution < 1.29 is 9.84 Å². The summed E-state index contributed by atoms with van der Waals surface area (Å²) in [6, 6.07) is 0. The van der Waals surface area contributed by atoms with Gasteiger partial charge in [0.15, 0.2) is 0 Å². The molecule has 4 heteroatoms. The number of nitrogens with zero attached hydrogens (tertiary/aromatic N) is 1. The van der Waals surface area contributed by atoms with Crippen LogP contribution in [-0.2, 0) is 4.74 Å². The Kier molecular flexibility index (Phi) is 7.36. The summed E-state index contributed by atoms with van der Waals surface area (Å²) in [5.74, 6) is 1.37. The molecule has 1 atom stereocenters. The Morgan fingerprint density at radius 1 is 1.40 bits per heavy atom. The third-order valence-corrected chi connectivity index (χ3v) is 3.05. The van der Waals surface area contributed by atoms with Crippen LogP contribution in [0.25, 0.3) is 0 Å². The van der Waals surface area contributed by atoms with Crippen molar-refractivity contribution in [2.75, 3.05) is 45.3 Å². The zero-order valence-corrected chi connectivity index (χ0v) is 10.1. The fourth-order valence-electron chi connectivity index (χ4n) is 2.05. The molecule has 1 aliphatic heterocycles. The van der Waals surface area contributed by atoms with E-state index in [0.29, 0.717) is 19.1 Å². The van der Waals surface area contributed by atoms with Gasteiger partial charge in [-0.1, -0.05) is 0 Å². The summed E-state index contributed by atoms with van der Waals surface area (Å²) in [4.78, 5) is 2.43. The second-order valence-corrected chi connectivity index (χ2v) is 4.50. The standard InChI is InChI=1S/C11H22ClNO2/c12-4-9-15-8-3-11-2-6-13(10-11)5-1-7-14/h11,14H,1-10H2. The molecular weight excluding hydrogens is 214 g/mol. The molecule has 1 rings (SSSR count). The van der Waals surface area contributed by atoms with Crippen molar-refractivity contribution in [1.29, 1.82) is 0 Å². The second-order valence-electron chi connectivity index (χ2n) is 4.12. The van der Waals surface area contributed by atoms with E-state index < -0.39 is 0 Å². The summed E-state index contributed by atoms with van der Waals surface area (Å²) < 4.78 is 5.37. The quantitative estimate of drug-likeness (QED) is 0.509. The summed E-state index contributed by atoms with van der Waals surface area (Å²) in [5, 5.41) is 8.73. The fourth-order valence-corrected chi connectivity index (χ4v) is 2.16. The molecule has 1 unspecified atom stereocenters. The third kappa shape index (κ3) is 5.71. The van der Waals surface area contributed by atoms with E-state index >= 15 is 0 Å². The number of aliphatic hydroxyl groups excluding tert-OH is 1. The molecule has 1 N–H and O–H groups in total. The normalized spacial score (nSPS) is 22.4. The van der Waals surface area contributed by atoms with Crippen molar-refractivity contribution >= 4 is 11.6 Å². The zero-order valence-electron chi connectivity index (χ0n) is 9.33. The molecule has 1 heterocycles. The van der Waals surface area contributed by atoms with Crippen LogP contribution in [0.15, 0.2) is 0 Å². The van der Waals surface area contributed by atoms with Gasteiger partial charge in [-0.2, -0.15) is 0 Å². The van der Waals surface area contributed by atoms with Gasteiger partial charge in [0.1, 0.15) is 0 Å². The average molecular weight is 236 g/mol. The van der Waals surface area contributed by atoms with E-state index in [2.05, 4.69) is 4.90 Å². The van der Waals surface area contributed by atoms with E-state index in [9.17, 15) is 0 Å². The molecule has 0 aromatic carbocycles. The Hall–Kier alpha value is 0.170. The Labute approximate surface area is 97.4 Å². The van der Waals surface area contributed by atoms with Gasteiger partial charge in [-0.15, -0.1) is 11.6 Å². The van der Waals surface area contributed by atoms with Crippen molar-refractivity contribution in [2.45, 2.75) is 19.3 Å². The highest BCUT2D eigenvalue weighted by atomic mass is 35.5. The Bertz CT molecular complexity index is 158. The average Bonchev–Trinajstić information content (AvgIpc) is 2.69.